The summed E-state index contributed by atoms with van der Waals surface area (Å²) in [7, 11) is 0. The van der Waals surface area contributed by atoms with Gasteiger partial charge in [-0.15, -0.1) is 12.3 Å². The van der Waals surface area contributed by atoms with Crippen molar-refractivity contribution in [1.82, 2.24) is 0 Å². The summed E-state index contributed by atoms with van der Waals surface area (Å²) in [5.41, 5.74) is 2.48. The van der Waals surface area contributed by atoms with Crippen LogP contribution in [0.4, 0.5) is 0 Å². The summed E-state index contributed by atoms with van der Waals surface area (Å²) >= 11 is 0. The van der Waals surface area contributed by atoms with Gasteiger partial charge in [0.2, 0.25) is 0 Å². The number of allylic oxidation sites excluding steroid dienone is 3. The minimum Gasteiger partial charge on any atom is -0.392 e. The molecule has 0 aliphatic carbocycles. The van der Waals surface area contributed by atoms with Gasteiger partial charge >= 0.3 is 0 Å². The maximum atomic E-state index is 8.61. The fraction of sp³-hybridized carbons (Fsp3) is 0.500. The number of hydrogen-bond acceptors (Lipinski definition) is 1. The van der Waals surface area contributed by atoms with Gasteiger partial charge in [-0.05, 0) is 26.7 Å². The third-order valence-electron chi connectivity index (χ3n) is 1.85. The van der Waals surface area contributed by atoms with E-state index in [-0.39, 0.29) is 6.61 Å². The molecule has 13 heavy (non-hydrogen) atoms. The number of aliphatic hydroxyl groups is 1. The van der Waals surface area contributed by atoms with Gasteiger partial charge in [-0.2, -0.15) is 0 Å². The summed E-state index contributed by atoms with van der Waals surface area (Å²) in [6.45, 7) is 4.21. The Labute approximate surface area is 81.2 Å². The SMILES string of the molecule is C#CCC(C)=CCC/C(C)=C/CO. The van der Waals surface area contributed by atoms with Crippen LogP contribution in [0, 0.1) is 12.3 Å². The van der Waals surface area contributed by atoms with Crippen LogP contribution in [0.15, 0.2) is 23.3 Å². The molecule has 1 N–H and O–H groups in total. The molecule has 0 amide bonds. The summed E-state index contributed by atoms with van der Waals surface area (Å²) in [5, 5.41) is 8.61. The zero-order valence-electron chi connectivity index (χ0n) is 8.51. The van der Waals surface area contributed by atoms with Crippen molar-refractivity contribution in [2.45, 2.75) is 33.1 Å². The second kappa shape index (κ2) is 7.64. The first-order valence-electron chi connectivity index (χ1n) is 4.56. The molecule has 1 nitrogen and oxygen atoms in total. The maximum Gasteiger partial charge on any atom is 0.0614 e. The monoisotopic (exact) mass is 178 g/mol. The van der Waals surface area contributed by atoms with Crippen LogP contribution in [0.2, 0.25) is 0 Å². The molecule has 0 aliphatic heterocycles. The van der Waals surface area contributed by atoms with E-state index in [9.17, 15) is 0 Å². The van der Waals surface area contributed by atoms with Crippen LogP contribution in [0.5, 0.6) is 0 Å². The molecule has 0 rings (SSSR count). The Kier molecular flexibility index (Phi) is 7.05. The van der Waals surface area contributed by atoms with Crippen molar-refractivity contribution in [3.63, 3.8) is 0 Å². The minimum absolute atomic E-state index is 0.138. The van der Waals surface area contributed by atoms with Crippen LogP contribution in [-0.2, 0) is 0 Å². The van der Waals surface area contributed by atoms with Gasteiger partial charge in [0.1, 0.15) is 0 Å². The van der Waals surface area contributed by atoms with E-state index >= 15 is 0 Å². The Morgan fingerprint density at radius 1 is 1.31 bits per heavy atom. The Bertz CT molecular complexity index is 228. The summed E-state index contributed by atoms with van der Waals surface area (Å²) in [6, 6.07) is 0. The van der Waals surface area contributed by atoms with Gasteiger partial charge in [0.25, 0.3) is 0 Å². The highest BCUT2D eigenvalue weighted by molar-refractivity contribution is 5.09. The molecular formula is C12H18O. The summed E-state index contributed by atoms with van der Waals surface area (Å²) in [5.74, 6) is 2.61. The third kappa shape index (κ3) is 7.36. The number of rotatable bonds is 5. The molecule has 0 atom stereocenters. The Balaban J connectivity index is 3.73. The van der Waals surface area contributed by atoms with E-state index in [1.807, 2.05) is 19.9 Å². The van der Waals surface area contributed by atoms with Crippen molar-refractivity contribution in [3.05, 3.63) is 23.3 Å². The van der Waals surface area contributed by atoms with Crippen molar-refractivity contribution in [3.8, 4) is 12.3 Å². The lowest BCUT2D eigenvalue weighted by Gasteiger charge is -1.98. The molecule has 0 radical (unpaired) electrons. The van der Waals surface area contributed by atoms with Gasteiger partial charge in [0, 0.05) is 6.42 Å². The molecule has 0 saturated heterocycles. The molecule has 0 unspecified atom stereocenters. The number of aliphatic hydroxyl groups excluding tert-OH is 1. The first-order valence-corrected chi connectivity index (χ1v) is 4.56. The van der Waals surface area contributed by atoms with E-state index in [4.69, 9.17) is 11.5 Å². The molecule has 0 aromatic carbocycles. The first-order chi connectivity index (χ1) is 6.20. The number of hydrogen-bond donors (Lipinski definition) is 1. The van der Waals surface area contributed by atoms with Crippen molar-refractivity contribution in [2.75, 3.05) is 6.61 Å². The Hall–Kier alpha value is -1.00. The van der Waals surface area contributed by atoms with Gasteiger partial charge in [-0.25, -0.2) is 0 Å². The first kappa shape index (κ1) is 12.0. The van der Waals surface area contributed by atoms with E-state index in [1.54, 1.807) is 0 Å². The molecule has 0 bridgehead atoms. The normalized spacial score (nSPS) is 12.8. The van der Waals surface area contributed by atoms with Crippen LogP contribution in [-0.4, -0.2) is 11.7 Å². The molecule has 0 aliphatic rings. The quantitative estimate of drug-likeness (QED) is 0.507. The van der Waals surface area contributed by atoms with E-state index in [2.05, 4.69) is 12.0 Å². The molecule has 0 aromatic rings. The topological polar surface area (TPSA) is 20.2 Å². The third-order valence-corrected chi connectivity index (χ3v) is 1.85. The van der Waals surface area contributed by atoms with E-state index in [0.717, 1.165) is 19.3 Å². The van der Waals surface area contributed by atoms with Crippen molar-refractivity contribution >= 4 is 0 Å². The highest BCUT2D eigenvalue weighted by Gasteiger charge is 1.89. The van der Waals surface area contributed by atoms with Crippen LogP contribution in [0.1, 0.15) is 33.1 Å². The molecule has 1 heteroatoms. The van der Waals surface area contributed by atoms with Crippen LogP contribution < -0.4 is 0 Å². The van der Waals surface area contributed by atoms with E-state index in [0.29, 0.717) is 0 Å². The maximum absolute atomic E-state index is 8.61. The average molecular weight is 178 g/mol. The second-order valence-electron chi connectivity index (χ2n) is 3.20. The Morgan fingerprint density at radius 3 is 2.54 bits per heavy atom. The summed E-state index contributed by atoms with van der Waals surface area (Å²) in [4.78, 5) is 0. The van der Waals surface area contributed by atoms with Gasteiger partial charge in [0.05, 0.1) is 6.61 Å². The second-order valence-corrected chi connectivity index (χ2v) is 3.20. The molecular weight excluding hydrogens is 160 g/mol. The molecule has 0 aromatic heterocycles. The standard InChI is InChI=1S/C12H18O/c1-4-6-11(2)7-5-8-12(3)9-10-13/h1,7,9,13H,5-6,8,10H2,2-3H3/b11-7?,12-9+. The van der Waals surface area contributed by atoms with Crippen molar-refractivity contribution < 1.29 is 5.11 Å². The zero-order chi connectivity index (χ0) is 10.1. The zero-order valence-corrected chi connectivity index (χ0v) is 8.51. The predicted octanol–water partition coefficient (Wildman–Crippen LogP) is 2.67. The molecule has 0 fully saturated rings. The van der Waals surface area contributed by atoms with Crippen LogP contribution >= 0.6 is 0 Å². The predicted molar refractivity (Wildman–Crippen MR) is 57.3 cm³/mol. The summed E-state index contributed by atoms with van der Waals surface area (Å²) in [6.07, 6.45) is 11.9. The highest BCUT2D eigenvalue weighted by atomic mass is 16.2. The lowest BCUT2D eigenvalue weighted by atomic mass is 10.1. The number of terminal acetylenes is 1. The van der Waals surface area contributed by atoms with E-state index < -0.39 is 0 Å². The molecule has 72 valence electrons. The molecule has 0 heterocycles. The lowest BCUT2D eigenvalue weighted by Crippen LogP contribution is -1.81. The Morgan fingerprint density at radius 2 is 2.00 bits per heavy atom. The fourth-order valence-corrected chi connectivity index (χ4v) is 1.04. The van der Waals surface area contributed by atoms with Crippen LogP contribution in [0.25, 0.3) is 0 Å². The largest absolute Gasteiger partial charge is 0.392 e. The minimum atomic E-state index is 0.138. The van der Waals surface area contributed by atoms with Crippen molar-refractivity contribution in [1.29, 1.82) is 0 Å². The summed E-state index contributed by atoms with van der Waals surface area (Å²) < 4.78 is 0. The highest BCUT2D eigenvalue weighted by Crippen LogP contribution is 2.07. The lowest BCUT2D eigenvalue weighted by molar-refractivity contribution is 0.341. The molecule has 0 spiro atoms. The van der Waals surface area contributed by atoms with Gasteiger partial charge in [-0.3, -0.25) is 0 Å². The fourth-order valence-electron chi connectivity index (χ4n) is 1.04. The van der Waals surface area contributed by atoms with Gasteiger partial charge in [-0.1, -0.05) is 23.3 Å². The van der Waals surface area contributed by atoms with Crippen molar-refractivity contribution in [2.24, 2.45) is 0 Å². The smallest absolute Gasteiger partial charge is 0.0614 e. The van der Waals surface area contributed by atoms with Gasteiger partial charge < -0.3 is 5.11 Å². The van der Waals surface area contributed by atoms with Crippen LogP contribution in [0.3, 0.4) is 0 Å². The average Bonchev–Trinajstić information content (AvgIpc) is 2.05. The van der Waals surface area contributed by atoms with Gasteiger partial charge in [0.15, 0.2) is 0 Å². The molecule has 0 saturated carbocycles. The van der Waals surface area contributed by atoms with E-state index in [1.165, 1.54) is 11.1 Å².